The molecule has 2 aromatic carbocycles. The number of alkyl halides is 3. The first-order chi connectivity index (χ1) is 13.8. The van der Waals surface area contributed by atoms with Gasteiger partial charge in [-0.2, -0.15) is 13.2 Å². The summed E-state index contributed by atoms with van der Waals surface area (Å²) in [7, 11) is -3.85. The molecule has 0 aromatic heterocycles. The summed E-state index contributed by atoms with van der Waals surface area (Å²) in [6.45, 7) is 3.04. The Balaban J connectivity index is 2.21. The smallest absolute Gasteiger partial charge is 0.417 e. The minimum Gasteiger partial charge on any atom is -0.491 e. The summed E-state index contributed by atoms with van der Waals surface area (Å²) in [5, 5.41) is 1.75. The van der Waals surface area contributed by atoms with E-state index >= 15 is 0 Å². The maximum Gasteiger partial charge on any atom is 0.417 e. The van der Waals surface area contributed by atoms with E-state index in [1.54, 1.807) is 12.1 Å². The minimum absolute atomic E-state index is 0.0754. The maximum absolute atomic E-state index is 13.0. The molecule has 164 valence electrons. The van der Waals surface area contributed by atoms with Crippen molar-refractivity contribution in [1.82, 2.24) is 0 Å². The number of nitrogens with zero attached hydrogens (tertiary/aromatic N) is 1. The first-order valence-electron chi connectivity index (χ1n) is 8.68. The molecule has 2 aromatic rings. The van der Waals surface area contributed by atoms with Crippen LogP contribution in [0, 0.1) is 0 Å². The van der Waals surface area contributed by atoms with Crippen molar-refractivity contribution in [1.29, 1.82) is 0 Å². The molecule has 6 nitrogen and oxygen atoms in total. The fourth-order valence-electron chi connectivity index (χ4n) is 2.51. The van der Waals surface area contributed by atoms with E-state index in [1.165, 1.54) is 18.2 Å². The number of hydrogen-bond donors (Lipinski definition) is 1. The highest BCUT2D eigenvalue weighted by atomic mass is 35.5. The van der Waals surface area contributed by atoms with Gasteiger partial charge in [0.15, 0.2) is 0 Å². The molecule has 0 aliphatic carbocycles. The Hall–Kier alpha value is -2.46. The second-order valence-corrected chi connectivity index (χ2v) is 8.98. The lowest BCUT2D eigenvalue weighted by molar-refractivity contribution is -0.137. The summed E-state index contributed by atoms with van der Waals surface area (Å²) in [6.07, 6.45) is -3.85. The second kappa shape index (κ2) is 9.13. The van der Waals surface area contributed by atoms with E-state index in [1.807, 2.05) is 13.8 Å². The van der Waals surface area contributed by atoms with Gasteiger partial charge in [-0.25, -0.2) is 8.42 Å². The van der Waals surface area contributed by atoms with Crippen LogP contribution in [-0.2, 0) is 21.0 Å². The maximum atomic E-state index is 13.0. The molecule has 0 spiro atoms. The number of rotatable bonds is 7. The molecule has 0 saturated carbocycles. The number of hydrogen-bond acceptors (Lipinski definition) is 4. The monoisotopic (exact) mass is 464 g/mol. The van der Waals surface area contributed by atoms with Gasteiger partial charge in [0.2, 0.25) is 15.9 Å². The van der Waals surface area contributed by atoms with E-state index in [9.17, 15) is 26.4 Å². The molecule has 2 rings (SSSR count). The van der Waals surface area contributed by atoms with Crippen LogP contribution in [0.3, 0.4) is 0 Å². The number of halogens is 4. The molecule has 1 amide bonds. The molecule has 0 radical (unpaired) electrons. The zero-order valence-electron chi connectivity index (χ0n) is 16.3. The summed E-state index contributed by atoms with van der Waals surface area (Å²) in [4.78, 5) is 12.3. The highest BCUT2D eigenvalue weighted by Crippen LogP contribution is 2.36. The highest BCUT2D eigenvalue weighted by molar-refractivity contribution is 7.92. The van der Waals surface area contributed by atoms with E-state index in [0.29, 0.717) is 11.8 Å². The summed E-state index contributed by atoms with van der Waals surface area (Å²) in [5.41, 5.74) is -1.07. The Kier molecular flexibility index (Phi) is 7.25. The lowest BCUT2D eigenvalue weighted by atomic mass is 10.2. The first-order valence-corrected chi connectivity index (χ1v) is 10.9. The Morgan fingerprint density at radius 3 is 2.27 bits per heavy atom. The molecule has 0 heterocycles. The molecule has 0 saturated heterocycles. The zero-order chi connectivity index (χ0) is 22.7. The highest BCUT2D eigenvalue weighted by Gasteiger charge is 2.33. The van der Waals surface area contributed by atoms with Crippen LogP contribution in [0.1, 0.15) is 19.4 Å². The lowest BCUT2D eigenvalue weighted by Gasteiger charge is -2.22. The predicted molar refractivity (Wildman–Crippen MR) is 109 cm³/mol. The van der Waals surface area contributed by atoms with E-state index in [0.717, 1.165) is 16.6 Å². The van der Waals surface area contributed by atoms with Gasteiger partial charge in [0.25, 0.3) is 0 Å². The number of nitrogens with one attached hydrogen (secondary N) is 1. The average Bonchev–Trinajstić information content (AvgIpc) is 2.60. The standard InChI is InChI=1S/C19H20ClF3N2O4S/c1-12(2)29-15-7-5-14(6-8-15)25(30(3,27)28)11-18(26)24-13-4-9-17(20)16(10-13)19(21,22)23/h4-10,12H,11H2,1-3H3,(H,24,26). The van der Waals surface area contributed by atoms with Crippen molar-refractivity contribution >= 4 is 38.9 Å². The number of sulfonamides is 1. The molecule has 0 aliphatic heterocycles. The van der Waals surface area contributed by atoms with Crippen molar-refractivity contribution in [2.24, 2.45) is 0 Å². The topological polar surface area (TPSA) is 75.7 Å². The van der Waals surface area contributed by atoms with E-state index in [2.05, 4.69) is 5.32 Å². The van der Waals surface area contributed by atoms with Crippen LogP contribution in [0.2, 0.25) is 5.02 Å². The van der Waals surface area contributed by atoms with Gasteiger partial charge in [-0.15, -0.1) is 0 Å². The van der Waals surface area contributed by atoms with Crippen molar-refractivity contribution < 1.29 is 31.1 Å². The van der Waals surface area contributed by atoms with Crippen LogP contribution in [0.15, 0.2) is 42.5 Å². The molecule has 11 heteroatoms. The van der Waals surface area contributed by atoms with Crippen LogP contribution in [0.5, 0.6) is 5.75 Å². The van der Waals surface area contributed by atoms with Gasteiger partial charge in [0.1, 0.15) is 12.3 Å². The molecule has 1 N–H and O–H groups in total. The Bertz CT molecular complexity index is 1010. The van der Waals surface area contributed by atoms with Crippen molar-refractivity contribution in [2.75, 3.05) is 22.4 Å². The third-order valence-corrected chi connectivity index (χ3v) is 5.21. The van der Waals surface area contributed by atoms with Gasteiger partial charge in [0, 0.05) is 5.69 Å². The van der Waals surface area contributed by atoms with Crippen LogP contribution in [-0.4, -0.2) is 33.2 Å². The SMILES string of the molecule is CC(C)Oc1ccc(N(CC(=O)Nc2ccc(Cl)c(C(F)(F)F)c2)S(C)(=O)=O)cc1. The molecular formula is C19H20ClF3N2O4S. The Morgan fingerprint density at radius 2 is 1.77 bits per heavy atom. The normalized spacial score (nSPS) is 12.0. The van der Waals surface area contributed by atoms with Gasteiger partial charge in [-0.1, -0.05) is 11.6 Å². The zero-order valence-corrected chi connectivity index (χ0v) is 17.9. The molecule has 0 fully saturated rings. The lowest BCUT2D eigenvalue weighted by Crippen LogP contribution is -2.37. The van der Waals surface area contributed by atoms with Crippen molar-refractivity contribution in [3.63, 3.8) is 0 Å². The molecule has 0 bridgehead atoms. The molecular weight excluding hydrogens is 445 g/mol. The van der Waals surface area contributed by atoms with Crippen LogP contribution >= 0.6 is 11.6 Å². The largest absolute Gasteiger partial charge is 0.491 e. The summed E-state index contributed by atoms with van der Waals surface area (Å²) < 4.78 is 69.6. The summed E-state index contributed by atoms with van der Waals surface area (Å²) >= 11 is 5.56. The van der Waals surface area contributed by atoms with E-state index in [4.69, 9.17) is 16.3 Å². The van der Waals surface area contributed by atoms with Gasteiger partial charge >= 0.3 is 6.18 Å². The van der Waals surface area contributed by atoms with Crippen molar-refractivity contribution in [2.45, 2.75) is 26.1 Å². The van der Waals surface area contributed by atoms with Crippen molar-refractivity contribution in [3.8, 4) is 5.75 Å². The predicted octanol–water partition coefficient (Wildman–Crippen LogP) is 4.55. The number of carbonyl (C=O) groups excluding carboxylic acids is 1. The van der Waals surface area contributed by atoms with Crippen molar-refractivity contribution in [3.05, 3.63) is 53.1 Å². The van der Waals surface area contributed by atoms with E-state index < -0.39 is 39.2 Å². The van der Waals surface area contributed by atoms with Crippen LogP contribution in [0.4, 0.5) is 24.5 Å². The first kappa shape index (κ1) is 23.8. The fraction of sp³-hybridized carbons (Fsp3) is 0.316. The average molecular weight is 465 g/mol. The van der Waals surface area contributed by atoms with Crippen LogP contribution < -0.4 is 14.4 Å². The van der Waals surface area contributed by atoms with E-state index in [-0.39, 0.29) is 17.5 Å². The molecule has 0 aliphatic rings. The Morgan fingerprint density at radius 1 is 1.17 bits per heavy atom. The van der Waals surface area contributed by atoms with Crippen LogP contribution in [0.25, 0.3) is 0 Å². The quantitative estimate of drug-likeness (QED) is 0.652. The van der Waals surface area contributed by atoms with Gasteiger partial charge in [-0.3, -0.25) is 9.10 Å². The number of carbonyl (C=O) groups is 1. The minimum atomic E-state index is -4.70. The third-order valence-electron chi connectivity index (χ3n) is 3.74. The van der Waals surface area contributed by atoms with Gasteiger partial charge < -0.3 is 10.1 Å². The fourth-order valence-corrected chi connectivity index (χ4v) is 3.60. The molecule has 0 unspecified atom stereocenters. The molecule has 0 atom stereocenters. The number of amides is 1. The Labute approximate surface area is 177 Å². The number of anilines is 2. The van der Waals surface area contributed by atoms with Gasteiger partial charge in [-0.05, 0) is 56.3 Å². The number of ether oxygens (including phenoxy) is 1. The number of benzene rings is 2. The summed E-state index contributed by atoms with van der Waals surface area (Å²) in [6, 6.07) is 8.93. The third kappa shape index (κ3) is 6.53. The summed E-state index contributed by atoms with van der Waals surface area (Å²) in [5.74, 6) is -0.300. The van der Waals surface area contributed by atoms with Gasteiger partial charge in [0.05, 0.1) is 28.6 Å². The molecule has 30 heavy (non-hydrogen) atoms. The second-order valence-electron chi connectivity index (χ2n) is 6.67.